The molecule has 0 saturated carbocycles. The van der Waals surface area contributed by atoms with Gasteiger partial charge >= 0.3 is 0 Å². The van der Waals surface area contributed by atoms with Crippen LogP contribution in [0, 0.1) is 0 Å². The molecule has 2 aromatic heterocycles. The lowest BCUT2D eigenvalue weighted by Gasteiger charge is -2.11. The van der Waals surface area contributed by atoms with Crippen molar-refractivity contribution in [3.63, 3.8) is 0 Å². The minimum Gasteiger partial charge on any atom is -0.493 e. The number of nitrogen functional groups attached to an aromatic ring is 2. The molecule has 2 heterocycles. The van der Waals surface area contributed by atoms with Crippen LogP contribution in [0.2, 0.25) is 0 Å². The number of nitrogens with zero attached hydrogens (tertiary/aromatic N) is 2. The Labute approximate surface area is 297 Å². The maximum Gasteiger partial charge on any atom is 0.180 e. The first-order valence-corrected chi connectivity index (χ1v) is 15.4. The molecule has 0 aliphatic heterocycles. The van der Waals surface area contributed by atoms with Gasteiger partial charge in [-0.25, -0.2) is 9.97 Å². The second kappa shape index (κ2) is 18.1. The van der Waals surface area contributed by atoms with Gasteiger partial charge in [0.25, 0.3) is 0 Å². The topological polar surface area (TPSA) is 115 Å². The van der Waals surface area contributed by atoms with E-state index in [0.717, 1.165) is 33.6 Å². The number of ether oxygens (including phenoxy) is 4. The summed E-state index contributed by atoms with van der Waals surface area (Å²) in [5.74, 6) is 2.77. The molecule has 0 fully saturated rings. The molecule has 4 aromatic carbocycles. The summed E-state index contributed by atoms with van der Waals surface area (Å²) in [5.41, 5.74) is 17.2. The van der Waals surface area contributed by atoms with Crippen LogP contribution in [0.3, 0.4) is 0 Å². The van der Waals surface area contributed by atoms with Crippen molar-refractivity contribution in [2.45, 2.75) is 13.2 Å². The van der Waals surface area contributed by atoms with Crippen LogP contribution in [-0.4, -0.2) is 24.2 Å². The Bertz CT molecular complexity index is 1660. The highest BCUT2D eigenvalue weighted by Crippen LogP contribution is 2.35. The van der Waals surface area contributed by atoms with Crippen LogP contribution >= 0.6 is 56.6 Å². The zero-order valence-corrected chi connectivity index (χ0v) is 30.2. The quantitative estimate of drug-likeness (QED) is 0.141. The van der Waals surface area contributed by atoms with Crippen LogP contribution in [0.4, 0.5) is 10.3 Å². The first-order valence-electron chi connectivity index (χ1n) is 13.6. The predicted molar refractivity (Wildman–Crippen MR) is 199 cm³/mol. The molecular formula is C34H34Br2N4O4S2. The molecule has 8 nitrogen and oxygen atoms in total. The molecule has 0 bridgehead atoms. The Balaban J connectivity index is 0.000000240. The maximum absolute atomic E-state index is 5.84. The average molecular weight is 787 g/mol. The van der Waals surface area contributed by atoms with Crippen molar-refractivity contribution in [2.75, 3.05) is 25.7 Å². The van der Waals surface area contributed by atoms with E-state index in [1.165, 1.54) is 22.7 Å². The molecule has 0 atom stereocenters. The van der Waals surface area contributed by atoms with Crippen molar-refractivity contribution < 1.29 is 18.9 Å². The SMILES string of the molecule is Br.Br.COc1cc(-c2csc(N)n2)ccc1OCc1ccccc1.COc1cc(-c2csc(N)n2)ccc1OCc1ccccc1. The highest BCUT2D eigenvalue weighted by atomic mass is 79.9. The third kappa shape index (κ3) is 9.95. The fourth-order valence-corrected chi connectivity index (χ4v) is 5.35. The van der Waals surface area contributed by atoms with Crippen molar-refractivity contribution in [1.82, 2.24) is 9.97 Å². The Hall–Kier alpha value is -4.10. The smallest absolute Gasteiger partial charge is 0.180 e. The third-order valence-corrected chi connectivity index (χ3v) is 7.78. The molecule has 0 unspecified atom stereocenters. The van der Waals surface area contributed by atoms with Crippen molar-refractivity contribution >= 4 is 66.9 Å². The normalized spacial score (nSPS) is 9.96. The number of aromatic nitrogens is 2. The van der Waals surface area contributed by atoms with Crippen LogP contribution in [-0.2, 0) is 13.2 Å². The summed E-state index contributed by atoms with van der Waals surface area (Å²) in [6.45, 7) is 1.00. The Morgan fingerprint density at radius 1 is 0.543 bits per heavy atom. The van der Waals surface area contributed by atoms with Gasteiger partial charge in [0.1, 0.15) is 13.2 Å². The third-order valence-electron chi connectivity index (χ3n) is 6.44. The minimum atomic E-state index is 0. The minimum absolute atomic E-state index is 0. The monoisotopic (exact) mass is 784 g/mol. The number of rotatable bonds is 10. The molecule has 6 rings (SSSR count). The van der Waals surface area contributed by atoms with Gasteiger partial charge in [-0.1, -0.05) is 60.7 Å². The van der Waals surface area contributed by atoms with Crippen LogP contribution in [0.15, 0.2) is 108 Å². The van der Waals surface area contributed by atoms with E-state index in [2.05, 4.69) is 9.97 Å². The number of hydrogen-bond donors (Lipinski definition) is 2. The number of anilines is 2. The predicted octanol–water partition coefficient (Wildman–Crippen LogP) is 9.12. The second-order valence-electron chi connectivity index (χ2n) is 9.42. The van der Waals surface area contributed by atoms with Crippen LogP contribution in [0.25, 0.3) is 22.5 Å². The summed E-state index contributed by atoms with van der Waals surface area (Å²) in [6, 6.07) is 31.6. The molecule has 0 aliphatic rings. The first-order chi connectivity index (χ1) is 21.5. The van der Waals surface area contributed by atoms with Crippen molar-refractivity contribution in [3.8, 4) is 45.5 Å². The lowest BCUT2D eigenvalue weighted by Crippen LogP contribution is -1.97. The fourth-order valence-electron chi connectivity index (χ4n) is 4.20. The molecule has 0 amide bonds. The summed E-state index contributed by atoms with van der Waals surface area (Å²) in [7, 11) is 3.26. The average Bonchev–Trinajstić information content (AvgIpc) is 3.72. The number of thiazole rings is 2. The highest BCUT2D eigenvalue weighted by molar-refractivity contribution is 8.93. The van der Waals surface area contributed by atoms with E-state index in [1.807, 2.05) is 108 Å². The molecule has 240 valence electrons. The Morgan fingerprint density at radius 3 is 1.26 bits per heavy atom. The van der Waals surface area contributed by atoms with E-state index < -0.39 is 0 Å². The lowest BCUT2D eigenvalue weighted by molar-refractivity contribution is 0.284. The summed E-state index contributed by atoms with van der Waals surface area (Å²) in [5, 5.41) is 4.96. The molecular weight excluding hydrogens is 752 g/mol. The molecule has 0 saturated heterocycles. The van der Waals surface area contributed by atoms with Gasteiger partial charge in [0.2, 0.25) is 0 Å². The molecule has 6 aromatic rings. The summed E-state index contributed by atoms with van der Waals surface area (Å²) in [4.78, 5) is 8.56. The van der Waals surface area contributed by atoms with Crippen molar-refractivity contribution in [1.29, 1.82) is 0 Å². The van der Waals surface area contributed by atoms with Gasteiger partial charge in [-0.15, -0.1) is 56.6 Å². The van der Waals surface area contributed by atoms with Gasteiger partial charge in [0.15, 0.2) is 33.3 Å². The number of hydrogen-bond acceptors (Lipinski definition) is 10. The molecule has 0 radical (unpaired) electrons. The van der Waals surface area contributed by atoms with Gasteiger partial charge < -0.3 is 30.4 Å². The molecule has 4 N–H and O–H groups in total. The number of nitrogens with two attached hydrogens (primary N) is 2. The summed E-state index contributed by atoms with van der Waals surface area (Å²) in [6.07, 6.45) is 0. The van der Waals surface area contributed by atoms with Gasteiger partial charge in [-0.3, -0.25) is 0 Å². The summed E-state index contributed by atoms with van der Waals surface area (Å²) < 4.78 is 22.5. The van der Waals surface area contributed by atoms with Crippen molar-refractivity contribution in [3.05, 3.63) is 119 Å². The van der Waals surface area contributed by atoms with Gasteiger partial charge in [-0.2, -0.15) is 0 Å². The van der Waals surface area contributed by atoms with E-state index in [-0.39, 0.29) is 34.0 Å². The Morgan fingerprint density at radius 2 is 0.935 bits per heavy atom. The number of methoxy groups -OCH3 is 2. The van der Waals surface area contributed by atoms with Crippen molar-refractivity contribution in [2.24, 2.45) is 0 Å². The molecule has 0 spiro atoms. The zero-order valence-electron chi connectivity index (χ0n) is 25.1. The van der Waals surface area contributed by atoms with Crippen LogP contribution < -0.4 is 30.4 Å². The maximum atomic E-state index is 5.84. The standard InChI is InChI=1S/2C17H16N2O2S.2BrH/c2*1-20-16-9-13(14-11-22-17(18)19-14)7-8-15(16)21-10-12-5-3-2-4-6-12;;/h2*2-9,11H,10H2,1H3,(H2,18,19);2*1H. The second-order valence-corrected chi connectivity index (χ2v) is 11.2. The van der Waals surface area contributed by atoms with Gasteiger partial charge in [-0.05, 0) is 47.5 Å². The van der Waals surface area contributed by atoms with E-state index in [0.29, 0.717) is 46.5 Å². The van der Waals surface area contributed by atoms with Gasteiger partial charge in [0.05, 0.1) is 25.6 Å². The molecule has 12 heteroatoms. The lowest BCUT2D eigenvalue weighted by atomic mass is 10.1. The fraction of sp³-hybridized carbons (Fsp3) is 0.118. The molecule has 0 aliphatic carbocycles. The first kappa shape index (κ1) is 36.4. The van der Waals surface area contributed by atoms with Crippen LogP contribution in [0.5, 0.6) is 23.0 Å². The Kier molecular flexibility index (Phi) is 14.3. The van der Waals surface area contributed by atoms with E-state index in [1.54, 1.807) is 14.2 Å². The zero-order chi connectivity index (χ0) is 30.7. The van der Waals surface area contributed by atoms with E-state index in [4.69, 9.17) is 30.4 Å². The molecule has 46 heavy (non-hydrogen) atoms. The van der Waals surface area contributed by atoms with E-state index >= 15 is 0 Å². The highest BCUT2D eigenvalue weighted by Gasteiger charge is 2.11. The largest absolute Gasteiger partial charge is 0.493 e. The van der Waals surface area contributed by atoms with Gasteiger partial charge in [0, 0.05) is 21.9 Å². The number of halogens is 2. The summed E-state index contributed by atoms with van der Waals surface area (Å²) >= 11 is 2.84. The van der Waals surface area contributed by atoms with Crippen LogP contribution in [0.1, 0.15) is 11.1 Å². The number of benzene rings is 4. The van der Waals surface area contributed by atoms with E-state index in [9.17, 15) is 0 Å².